The van der Waals surface area contributed by atoms with E-state index in [0.29, 0.717) is 18.8 Å². The quantitative estimate of drug-likeness (QED) is 0.411. The number of nitrogens with zero attached hydrogens (tertiary/aromatic N) is 3. The third kappa shape index (κ3) is 6.43. The fraction of sp³-hybridized carbons (Fsp3) is 0.429. The van der Waals surface area contributed by atoms with Gasteiger partial charge in [0.05, 0.1) is 18.2 Å². The summed E-state index contributed by atoms with van der Waals surface area (Å²) in [5.74, 6) is 0.157. The smallest absolute Gasteiger partial charge is 0.267 e. The summed E-state index contributed by atoms with van der Waals surface area (Å²) >= 11 is 0. The van der Waals surface area contributed by atoms with Gasteiger partial charge in [0.1, 0.15) is 17.5 Å². The zero-order valence-electron chi connectivity index (χ0n) is 22.9. The first-order valence-corrected chi connectivity index (χ1v) is 14.4. The highest BCUT2D eigenvalue weighted by molar-refractivity contribution is 7.92. The van der Waals surface area contributed by atoms with Crippen molar-refractivity contribution in [3.05, 3.63) is 71.1 Å². The number of aliphatic hydroxyl groups excluding tert-OH is 1. The van der Waals surface area contributed by atoms with Crippen LogP contribution in [0, 0.1) is 19.8 Å². The van der Waals surface area contributed by atoms with Gasteiger partial charge in [0.2, 0.25) is 0 Å². The first kappa shape index (κ1) is 28.6. The standard InChI is InChI=1S/C28H36N4O6S/c1-18-14-32(19(2)17-33)28(34)24-13-23(30-39(35,36)27-20(3)29-38-21(27)4)11-12-25(24)37-26(18)16-31(5)15-22-9-7-6-8-10-22/h6-13,18-19,26,30,33H,14-17H2,1-5H3/t18-,19+,26+/m1/s1. The van der Waals surface area contributed by atoms with Crippen molar-refractivity contribution in [1.29, 1.82) is 0 Å². The average molecular weight is 557 g/mol. The topological polar surface area (TPSA) is 125 Å². The van der Waals surface area contributed by atoms with Crippen LogP contribution in [-0.2, 0) is 16.6 Å². The molecule has 1 aromatic heterocycles. The number of hydrogen-bond acceptors (Lipinski definition) is 8. The van der Waals surface area contributed by atoms with Gasteiger partial charge in [-0.2, -0.15) is 0 Å². The summed E-state index contributed by atoms with van der Waals surface area (Å²) in [6.45, 7) is 8.40. The van der Waals surface area contributed by atoms with E-state index in [1.54, 1.807) is 30.9 Å². The van der Waals surface area contributed by atoms with Crippen LogP contribution in [0.3, 0.4) is 0 Å². The number of ether oxygens (including phenoxy) is 1. The fourth-order valence-corrected chi connectivity index (χ4v) is 6.22. The molecule has 0 radical (unpaired) electrons. The molecule has 39 heavy (non-hydrogen) atoms. The van der Waals surface area contributed by atoms with Gasteiger partial charge in [0, 0.05) is 31.2 Å². The molecule has 1 amide bonds. The molecular weight excluding hydrogens is 520 g/mol. The van der Waals surface area contributed by atoms with Crippen molar-refractivity contribution in [3.8, 4) is 5.75 Å². The van der Waals surface area contributed by atoms with Crippen LogP contribution in [0.2, 0.25) is 0 Å². The van der Waals surface area contributed by atoms with E-state index in [4.69, 9.17) is 9.26 Å². The van der Waals surface area contributed by atoms with Crippen LogP contribution < -0.4 is 9.46 Å². The largest absolute Gasteiger partial charge is 0.488 e. The van der Waals surface area contributed by atoms with Gasteiger partial charge in [-0.15, -0.1) is 0 Å². The van der Waals surface area contributed by atoms with Gasteiger partial charge >= 0.3 is 0 Å². The van der Waals surface area contributed by atoms with Crippen LogP contribution in [0.4, 0.5) is 5.69 Å². The van der Waals surface area contributed by atoms with E-state index in [0.717, 1.165) is 6.54 Å². The Bertz CT molecular complexity index is 1390. The number of aryl methyl sites for hydroxylation is 2. The number of aromatic nitrogens is 1. The van der Waals surface area contributed by atoms with Gasteiger partial charge in [-0.3, -0.25) is 14.4 Å². The molecule has 3 aromatic rings. The van der Waals surface area contributed by atoms with Crippen molar-refractivity contribution >= 4 is 21.6 Å². The molecule has 0 bridgehead atoms. The molecule has 1 aliphatic rings. The molecule has 10 nitrogen and oxygen atoms in total. The molecule has 0 unspecified atom stereocenters. The Balaban J connectivity index is 1.65. The molecule has 4 rings (SSSR count). The Hall–Kier alpha value is -3.41. The molecule has 210 valence electrons. The average Bonchev–Trinajstić information content (AvgIpc) is 3.25. The third-order valence-electron chi connectivity index (χ3n) is 6.94. The summed E-state index contributed by atoms with van der Waals surface area (Å²) in [5.41, 5.74) is 1.84. The SMILES string of the molecule is Cc1noc(C)c1S(=O)(=O)Nc1ccc2c(c1)C(=O)N([C@@H](C)CO)C[C@@H](C)[C@H](CN(C)Cc1ccccc1)O2. The molecule has 0 aliphatic carbocycles. The van der Waals surface area contributed by atoms with Crippen LogP contribution in [0.15, 0.2) is 57.9 Å². The molecule has 3 atom stereocenters. The first-order valence-electron chi connectivity index (χ1n) is 12.9. The Morgan fingerprint density at radius 1 is 1.21 bits per heavy atom. The minimum atomic E-state index is -4.01. The molecule has 0 saturated carbocycles. The van der Waals surface area contributed by atoms with Gasteiger partial charge in [0.25, 0.3) is 15.9 Å². The van der Waals surface area contributed by atoms with E-state index in [1.165, 1.54) is 18.6 Å². The van der Waals surface area contributed by atoms with Crippen molar-refractivity contribution in [3.63, 3.8) is 0 Å². The van der Waals surface area contributed by atoms with Crippen LogP contribution in [0.5, 0.6) is 5.75 Å². The highest BCUT2D eigenvalue weighted by Crippen LogP contribution is 2.32. The normalized spacial score (nSPS) is 18.7. The van der Waals surface area contributed by atoms with Crippen molar-refractivity contribution in [2.45, 2.75) is 51.3 Å². The van der Waals surface area contributed by atoms with Gasteiger partial charge in [0.15, 0.2) is 10.7 Å². The van der Waals surface area contributed by atoms with E-state index < -0.39 is 16.1 Å². The predicted octanol–water partition coefficient (Wildman–Crippen LogP) is 3.44. The van der Waals surface area contributed by atoms with Crippen molar-refractivity contribution < 1.29 is 27.6 Å². The summed E-state index contributed by atoms with van der Waals surface area (Å²) in [6.07, 6.45) is -0.260. The lowest BCUT2D eigenvalue weighted by Crippen LogP contribution is -2.49. The summed E-state index contributed by atoms with van der Waals surface area (Å²) < 4.78 is 40.2. The number of carbonyl (C=O) groups excluding carboxylic acids is 1. The summed E-state index contributed by atoms with van der Waals surface area (Å²) in [5, 5.41) is 13.6. The predicted molar refractivity (Wildman–Crippen MR) is 147 cm³/mol. The Kier molecular flexibility index (Phi) is 8.63. The lowest BCUT2D eigenvalue weighted by molar-refractivity contribution is 0.0341. The Morgan fingerprint density at radius 3 is 2.56 bits per heavy atom. The van der Waals surface area contributed by atoms with Crippen molar-refractivity contribution in [2.75, 3.05) is 31.5 Å². The monoisotopic (exact) mass is 556 g/mol. The van der Waals surface area contributed by atoms with Crippen molar-refractivity contribution in [2.24, 2.45) is 5.92 Å². The third-order valence-corrected chi connectivity index (χ3v) is 8.57. The van der Waals surface area contributed by atoms with Crippen molar-refractivity contribution in [1.82, 2.24) is 15.0 Å². The second-order valence-electron chi connectivity index (χ2n) is 10.3. The number of nitrogens with one attached hydrogen (secondary N) is 1. The zero-order chi connectivity index (χ0) is 28.3. The minimum Gasteiger partial charge on any atom is -0.488 e. The van der Waals surface area contributed by atoms with E-state index in [1.807, 2.05) is 32.2 Å². The highest BCUT2D eigenvalue weighted by Gasteiger charge is 2.34. The number of carbonyl (C=O) groups is 1. The number of rotatable bonds is 9. The lowest BCUT2D eigenvalue weighted by Gasteiger charge is -2.38. The zero-order valence-corrected chi connectivity index (χ0v) is 23.7. The lowest BCUT2D eigenvalue weighted by atomic mass is 9.99. The highest BCUT2D eigenvalue weighted by atomic mass is 32.2. The molecular formula is C28H36N4O6S. The van der Waals surface area contributed by atoms with Crippen LogP contribution >= 0.6 is 0 Å². The maximum atomic E-state index is 13.7. The number of benzene rings is 2. The van der Waals surface area contributed by atoms with Gasteiger partial charge < -0.3 is 19.3 Å². The van der Waals surface area contributed by atoms with Crippen LogP contribution in [-0.4, -0.2) is 73.3 Å². The van der Waals surface area contributed by atoms with Gasteiger partial charge in [-0.1, -0.05) is 42.4 Å². The Labute approximate surface area is 229 Å². The van der Waals surface area contributed by atoms with E-state index in [-0.39, 0.29) is 52.1 Å². The second-order valence-corrected chi connectivity index (χ2v) is 11.9. The number of sulfonamides is 1. The van der Waals surface area contributed by atoms with Gasteiger partial charge in [-0.05, 0) is 51.6 Å². The molecule has 11 heteroatoms. The number of anilines is 1. The summed E-state index contributed by atoms with van der Waals surface area (Å²) in [4.78, 5) is 17.4. The van der Waals surface area contributed by atoms with Gasteiger partial charge in [-0.25, -0.2) is 8.42 Å². The molecule has 0 saturated heterocycles. The number of hydrogen-bond donors (Lipinski definition) is 2. The minimum absolute atomic E-state index is 0.0351. The molecule has 2 N–H and O–H groups in total. The molecule has 1 aliphatic heterocycles. The number of fused-ring (bicyclic) bond motifs is 1. The van der Waals surface area contributed by atoms with E-state index in [9.17, 15) is 18.3 Å². The molecule has 0 fully saturated rings. The second kappa shape index (κ2) is 11.8. The van der Waals surface area contributed by atoms with E-state index in [2.05, 4.69) is 26.9 Å². The number of amides is 1. The number of aliphatic hydroxyl groups is 1. The fourth-order valence-electron chi connectivity index (χ4n) is 4.84. The first-order chi connectivity index (χ1) is 18.5. The summed E-state index contributed by atoms with van der Waals surface area (Å²) in [6, 6.07) is 14.4. The molecule has 2 aromatic carbocycles. The van der Waals surface area contributed by atoms with Crippen LogP contribution in [0.25, 0.3) is 0 Å². The molecule has 2 heterocycles. The van der Waals surface area contributed by atoms with E-state index >= 15 is 0 Å². The number of likely N-dealkylation sites (N-methyl/N-ethyl adjacent to an activating group) is 1. The maximum absolute atomic E-state index is 13.7. The maximum Gasteiger partial charge on any atom is 0.267 e. The molecule has 0 spiro atoms. The summed E-state index contributed by atoms with van der Waals surface area (Å²) in [7, 11) is -1.99. The van der Waals surface area contributed by atoms with Crippen LogP contribution in [0.1, 0.15) is 41.2 Å². The Morgan fingerprint density at radius 2 is 1.92 bits per heavy atom.